The van der Waals surface area contributed by atoms with Gasteiger partial charge in [0.25, 0.3) is 5.91 Å². The molecule has 0 unspecified atom stereocenters. The molecule has 2 aromatic heterocycles. The summed E-state index contributed by atoms with van der Waals surface area (Å²) in [6.45, 7) is 1.42. The number of hydrogen-bond donors (Lipinski definition) is 1. The molecule has 152 valence electrons. The highest BCUT2D eigenvalue weighted by atomic mass is 79.9. The van der Waals surface area contributed by atoms with Gasteiger partial charge in [-0.05, 0) is 65.3 Å². The van der Waals surface area contributed by atoms with Crippen molar-refractivity contribution in [2.75, 3.05) is 11.9 Å². The number of fused-ring (bicyclic) bond motifs is 1. The highest BCUT2D eigenvalue weighted by Gasteiger charge is 2.19. The number of thiophene rings is 1. The summed E-state index contributed by atoms with van der Waals surface area (Å²) in [6, 6.07) is 14.8. The van der Waals surface area contributed by atoms with E-state index in [4.69, 9.17) is 4.74 Å². The molecule has 1 amide bonds. The molecule has 0 fully saturated rings. The Labute approximate surface area is 183 Å². The zero-order valence-electron chi connectivity index (χ0n) is 15.7. The van der Waals surface area contributed by atoms with Gasteiger partial charge >= 0.3 is 5.97 Å². The summed E-state index contributed by atoms with van der Waals surface area (Å²) in [6.07, 6.45) is 0. The SMILES string of the molecule is Cc1nn(-c2ccc(F)cc2)c2sc(C(=O)OCC(=O)Nc3ccccc3Br)cc12. The topological polar surface area (TPSA) is 73.2 Å². The Morgan fingerprint density at radius 3 is 2.67 bits per heavy atom. The third-order valence-electron chi connectivity index (χ3n) is 4.30. The van der Waals surface area contributed by atoms with Crippen molar-refractivity contribution in [2.45, 2.75) is 6.92 Å². The van der Waals surface area contributed by atoms with Gasteiger partial charge in [0.1, 0.15) is 15.5 Å². The molecule has 0 bridgehead atoms. The highest BCUT2D eigenvalue weighted by molar-refractivity contribution is 9.10. The first-order chi connectivity index (χ1) is 14.4. The minimum Gasteiger partial charge on any atom is -0.451 e. The van der Waals surface area contributed by atoms with Gasteiger partial charge in [0.2, 0.25) is 0 Å². The summed E-state index contributed by atoms with van der Waals surface area (Å²) < 4.78 is 20.8. The quantitative estimate of drug-likeness (QED) is 0.397. The zero-order valence-corrected chi connectivity index (χ0v) is 18.1. The van der Waals surface area contributed by atoms with Crippen LogP contribution >= 0.6 is 27.3 Å². The smallest absolute Gasteiger partial charge is 0.348 e. The van der Waals surface area contributed by atoms with Gasteiger partial charge in [-0.15, -0.1) is 11.3 Å². The van der Waals surface area contributed by atoms with E-state index >= 15 is 0 Å². The van der Waals surface area contributed by atoms with Gasteiger partial charge in [-0.25, -0.2) is 13.9 Å². The monoisotopic (exact) mass is 487 g/mol. The molecular formula is C21H15BrFN3O3S. The van der Waals surface area contributed by atoms with Crippen LogP contribution in [0.4, 0.5) is 10.1 Å². The van der Waals surface area contributed by atoms with E-state index in [9.17, 15) is 14.0 Å². The fourth-order valence-electron chi connectivity index (χ4n) is 2.86. The number of aromatic nitrogens is 2. The molecule has 0 saturated carbocycles. The number of anilines is 1. The number of ether oxygens (including phenoxy) is 1. The molecule has 0 aliphatic heterocycles. The number of amides is 1. The average Bonchev–Trinajstić information content (AvgIpc) is 3.29. The van der Waals surface area contributed by atoms with Crippen molar-refractivity contribution < 1.29 is 18.7 Å². The van der Waals surface area contributed by atoms with Crippen molar-refractivity contribution >= 4 is 55.0 Å². The van der Waals surface area contributed by atoms with Crippen LogP contribution in [-0.4, -0.2) is 28.3 Å². The summed E-state index contributed by atoms with van der Waals surface area (Å²) in [5, 5.41) is 7.94. The van der Waals surface area contributed by atoms with E-state index in [0.717, 1.165) is 20.4 Å². The molecule has 0 atom stereocenters. The maximum Gasteiger partial charge on any atom is 0.348 e. The number of benzene rings is 2. The Balaban J connectivity index is 1.48. The van der Waals surface area contributed by atoms with Crippen molar-refractivity contribution in [2.24, 2.45) is 0 Å². The lowest BCUT2D eigenvalue weighted by Gasteiger charge is -2.07. The molecule has 30 heavy (non-hydrogen) atoms. The van der Waals surface area contributed by atoms with E-state index in [1.165, 1.54) is 23.5 Å². The van der Waals surface area contributed by atoms with Gasteiger partial charge in [-0.3, -0.25) is 4.79 Å². The van der Waals surface area contributed by atoms with Crippen molar-refractivity contribution in [3.05, 3.63) is 75.5 Å². The van der Waals surface area contributed by atoms with Crippen molar-refractivity contribution in [3.63, 3.8) is 0 Å². The van der Waals surface area contributed by atoms with Crippen molar-refractivity contribution in [3.8, 4) is 5.69 Å². The van der Waals surface area contributed by atoms with Crippen LogP contribution in [0.2, 0.25) is 0 Å². The number of carbonyl (C=O) groups excluding carboxylic acids is 2. The third-order valence-corrected chi connectivity index (χ3v) is 6.08. The largest absolute Gasteiger partial charge is 0.451 e. The predicted molar refractivity (Wildman–Crippen MR) is 117 cm³/mol. The fraction of sp³-hybridized carbons (Fsp3) is 0.0952. The molecule has 4 aromatic rings. The molecule has 9 heteroatoms. The number of rotatable bonds is 5. The second-order valence-corrected chi connectivity index (χ2v) is 8.29. The lowest BCUT2D eigenvalue weighted by molar-refractivity contribution is -0.119. The summed E-state index contributed by atoms with van der Waals surface area (Å²) in [4.78, 5) is 25.6. The van der Waals surface area contributed by atoms with Crippen LogP contribution in [0.5, 0.6) is 0 Å². The number of nitrogens with zero attached hydrogens (tertiary/aromatic N) is 2. The lowest BCUT2D eigenvalue weighted by Crippen LogP contribution is -2.20. The van der Waals surface area contributed by atoms with E-state index < -0.39 is 18.5 Å². The Bertz CT molecular complexity index is 1250. The second kappa shape index (κ2) is 8.37. The van der Waals surface area contributed by atoms with E-state index in [0.29, 0.717) is 16.3 Å². The number of hydrogen-bond acceptors (Lipinski definition) is 5. The summed E-state index contributed by atoms with van der Waals surface area (Å²) in [5.41, 5.74) is 2.01. The lowest BCUT2D eigenvalue weighted by atomic mass is 10.3. The fourth-order valence-corrected chi connectivity index (χ4v) is 4.32. The van der Waals surface area contributed by atoms with Gasteiger partial charge in [-0.1, -0.05) is 12.1 Å². The number of aryl methyl sites for hydroxylation is 1. The highest BCUT2D eigenvalue weighted by Crippen LogP contribution is 2.31. The molecular weight excluding hydrogens is 473 g/mol. The molecule has 6 nitrogen and oxygen atoms in total. The van der Waals surface area contributed by atoms with E-state index in [2.05, 4.69) is 26.3 Å². The molecule has 4 rings (SSSR count). The van der Waals surface area contributed by atoms with Crippen molar-refractivity contribution in [1.82, 2.24) is 9.78 Å². The Morgan fingerprint density at radius 1 is 1.20 bits per heavy atom. The first-order valence-corrected chi connectivity index (χ1v) is 10.5. The Morgan fingerprint density at radius 2 is 1.93 bits per heavy atom. The maximum atomic E-state index is 13.2. The summed E-state index contributed by atoms with van der Waals surface area (Å²) >= 11 is 4.55. The summed E-state index contributed by atoms with van der Waals surface area (Å²) in [5.74, 6) is -1.37. The molecule has 1 N–H and O–H groups in total. The minimum atomic E-state index is -0.594. The van der Waals surface area contributed by atoms with Crippen molar-refractivity contribution in [1.29, 1.82) is 0 Å². The Hall–Kier alpha value is -3.04. The van der Waals surface area contributed by atoms with Gasteiger partial charge in [0.15, 0.2) is 6.61 Å². The predicted octanol–water partition coefficient (Wildman–Crippen LogP) is 5.09. The third kappa shape index (κ3) is 4.12. The number of carbonyl (C=O) groups is 2. The Kier molecular flexibility index (Phi) is 5.65. The number of halogens is 2. The van der Waals surface area contributed by atoms with Gasteiger partial charge in [0, 0.05) is 9.86 Å². The van der Waals surface area contributed by atoms with E-state index in [1.807, 2.05) is 13.0 Å². The number of para-hydroxylation sites is 1. The van der Waals surface area contributed by atoms with Crippen LogP contribution in [-0.2, 0) is 9.53 Å². The summed E-state index contributed by atoms with van der Waals surface area (Å²) in [7, 11) is 0. The first kappa shape index (κ1) is 20.2. The molecule has 2 heterocycles. The van der Waals surface area contributed by atoms with Crippen LogP contribution in [0.25, 0.3) is 15.9 Å². The van der Waals surface area contributed by atoms with Crippen LogP contribution in [0.3, 0.4) is 0 Å². The minimum absolute atomic E-state index is 0.338. The second-order valence-electron chi connectivity index (χ2n) is 6.41. The van der Waals surface area contributed by atoms with Gasteiger partial charge < -0.3 is 10.1 Å². The van der Waals surface area contributed by atoms with Crippen LogP contribution in [0.15, 0.2) is 59.1 Å². The molecule has 0 spiro atoms. The molecule has 0 aliphatic carbocycles. The van der Waals surface area contributed by atoms with Crippen LogP contribution < -0.4 is 5.32 Å². The van der Waals surface area contributed by atoms with E-state index in [1.54, 1.807) is 41.1 Å². The standard InChI is InChI=1S/C21H15BrFN3O3S/c1-12-15-10-18(30-20(15)26(25-12)14-8-6-13(23)7-9-14)21(28)29-11-19(27)24-17-5-3-2-4-16(17)22/h2-10H,11H2,1H3,(H,24,27). The zero-order chi connectivity index (χ0) is 21.3. The van der Waals surface area contributed by atoms with Gasteiger partial charge in [-0.2, -0.15) is 5.10 Å². The average molecular weight is 488 g/mol. The number of esters is 1. The molecule has 0 aliphatic rings. The first-order valence-electron chi connectivity index (χ1n) is 8.89. The normalized spacial score (nSPS) is 10.9. The van der Waals surface area contributed by atoms with Crippen LogP contribution in [0.1, 0.15) is 15.4 Å². The van der Waals surface area contributed by atoms with E-state index in [-0.39, 0.29) is 5.82 Å². The molecule has 0 saturated heterocycles. The number of nitrogens with one attached hydrogen (secondary N) is 1. The maximum absolute atomic E-state index is 13.2. The van der Waals surface area contributed by atoms with Crippen LogP contribution in [0, 0.1) is 12.7 Å². The molecule has 0 radical (unpaired) electrons. The molecule has 2 aromatic carbocycles. The van der Waals surface area contributed by atoms with Gasteiger partial charge in [0.05, 0.1) is 17.1 Å².